The van der Waals surface area contributed by atoms with E-state index in [0.29, 0.717) is 11.5 Å². The fourth-order valence-electron chi connectivity index (χ4n) is 3.63. The molecular formula is C15H22O3. The Balaban J connectivity index is 2.25. The Hall–Kier alpha value is -1.09. The summed E-state index contributed by atoms with van der Waals surface area (Å²) in [5.41, 5.74) is 1.60. The van der Waals surface area contributed by atoms with E-state index in [1.165, 1.54) is 5.57 Å². The summed E-state index contributed by atoms with van der Waals surface area (Å²) in [6.45, 7) is 8.41. The molecule has 0 aromatic carbocycles. The van der Waals surface area contributed by atoms with Crippen LogP contribution in [0.5, 0.6) is 0 Å². The predicted octanol–water partition coefficient (Wildman–Crippen LogP) is 2.76. The van der Waals surface area contributed by atoms with Crippen molar-refractivity contribution in [2.24, 2.45) is 17.3 Å². The molecule has 2 aliphatic rings. The van der Waals surface area contributed by atoms with Gasteiger partial charge in [0, 0.05) is 12.0 Å². The van der Waals surface area contributed by atoms with Gasteiger partial charge in [0.05, 0.1) is 6.10 Å². The van der Waals surface area contributed by atoms with Gasteiger partial charge in [-0.1, -0.05) is 32.1 Å². The average molecular weight is 250 g/mol. The first-order chi connectivity index (χ1) is 8.33. The van der Waals surface area contributed by atoms with Gasteiger partial charge in [0.1, 0.15) is 0 Å². The topological polar surface area (TPSA) is 57.5 Å². The molecule has 3 atom stereocenters. The van der Waals surface area contributed by atoms with Gasteiger partial charge in [-0.15, -0.1) is 0 Å². The van der Waals surface area contributed by atoms with Crippen molar-refractivity contribution in [2.75, 3.05) is 0 Å². The number of hydrogen-bond donors (Lipinski definition) is 2. The van der Waals surface area contributed by atoms with E-state index in [1.54, 1.807) is 6.08 Å². The number of hydrogen-bond acceptors (Lipinski definition) is 2. The van der Waals surface area contributed by atoms with E-state index in [2.05, 4.69) is 20.4 Å². The van der Waals surface area contributed by atoms with Crippen molar-refractivity contribution < 1.29 is 15.0 Å². The van der Waals surface area contributed by atoms with E-state index >= 15 is 0 Å². The SMILES string of the molecule is C=C1CC/C=C(\C(=O)O)C[C@@H](O)[C@H]2[C@H]1CC2(C)C. The molecule has 0 amide bonds. The molecule has 0 aromatic rings. The molecule has 3 heteroatoms. The minimum atomic E-state index is -0.907. The molecule has 0 bridgehead atoms. The summed E-state index contributed by atoms with van der Waals surface area (Å²) in [5.74, 6) is -0.405. The van der Waals surface area contributed by atoms with Crippen LogP contribution in [0.25, 0.3) is 0 Å². The minimum Gasteiger partial charge on any atom is -0.478 e. The normalized spacial score (nSPS) is 38.3. The molecule has 0 heterocycles. The van der Waals surface area contributed by atoms with Crippen molar-refractivity contribution in [3.63, 3.8) is 0 Å². The van der Waals surface area contributed by atoms with E-state index in [1.807, 2.05) is 0 Å². The zero-order valence-electron chi connectivity index (χ0n) is 11.1. The van der Waals surface area contributed by atoms with Crippen molar-refractivity contribution in [1.29, 1.82) is 0 Å². The number of aliphatic hydroxyl groups is 1. The number of allylic oxidation sites excluding steroid dienone is 2. The van der Waals surface area contributed by atoms with Gasteiger partial charge in [-0.3, -0.25) is 0 Å². The number of carbonyl (C=O) groups is 1. The lowest BCUT2D eigenvalue weighted by molar-refractivity contribution is -0.134. The smallest absolute Gasteiger partial charge is 0.331 e. The monoisotopic (exact) mass is 250 g/mol. The zero-order valence-corrected chi connectivity index (χ0v) is 11.1. The molecule has 2 rings (SSSR count). The first-order valence-corrected chi connectivity index (χ1v) is 6.61. The van der Waals surface area contributed by atoms with Gasteiger partial charge in [0.25, 0.3) is 0 Å². The number of rotatable bonds is 1. The molecule has 0 unspecified atom stereocenters. The van der Waals surface area contributed by atoms with Crippen LogP contribution in [0.3, 0.4) is 0 Å². The Morgan fingerprint density at radius 3 is 2.72 bits per heavy atom. The van der Waals surface area contributed by atoms with Gasteiger partial charge < -0.3 is 10.2 Å². The Morgan fingerprint density at radius 1 is 1.50 bits per heavy atom. The summed E-state index contributed by atoms with van der Waals surface area (Å²) in [4.78, 5) is 11.1. The van der Waals surface area contributed by atoms with Crippen LogP contribution in [0.4, 0.5) is 0 Å². The maximum atomic E-state index is 11.1. The third-order valence-corrected chi connectivity index (χ3v) is 4.58. The molecular weight excluding hydrogens is 228 g/mol. The van der Waals surface area contributed by atoms with Crippen molar-refractivity contribution in [2.45, 2.75) is 45.6 Å². The maximum Gasteiger partial charge on any atom is 0.331 e. The lowest BCUT2D eigenvalue weighted by atomic mass is 9.51. The second-order valence-electron chi connectivity index (χ2n) is 6.33. The summed E-state index contributed by atoms with van der Waals surface area (Å²) in [6, 6.07) is 0. The van der Waals surface area contributed by atoms with E-state index in [0.717, 1.165) is 19.3 Å². The first-order valence-electron chi connectivity index (χ1n) is 6.61. The number of aliphatic carboxylic acids is 1. The Kier molecular flexibility index (Phi) is 3.37. The van der Waals surface area contributed by atoms with E-state index in [-0.39, 0.29) is 17.8 Å². The molecule has 18 heavy (non-hydrogen) atoms. The Morgan fingerprint density at radius 2 is 2.17 bits per heavy atom. The van der Waals surface area contributed by atoms with Crippen LogP contribution < -0.4 is 0 Å². The molecule has 100 valence electrons. The van der Waals surface area contributed by atoms with Crippen LogP contribution in [-0.4, -0.2) is 22.3 Å². The molecule has 0 radical (unpaired) electrons. The van der Waals surface area contributed by atoms with Crippen LogP contribution in [0.15, 0.2) is 23.8 Å². The van der Waals surface area contributed by atoms with Gasteiger partial charge in [0.15, 0.2) is 0 Å². The minimum absolute atomic E-state index is 0.0843. The van der Waals surface area contributed by atoms with Gasteiger partial charge in [-0.05, 0) is 36.5 Å². The summed E-state index contributed by atoms with van der Waals surface area (Å²) in [5, 5.41) is 19.5. The van der Waals surface area contributed by atoms with Crippen molar-refractivity contribution >= 4 is 5.97 Å². The zero-order chi connectivity index (χ0) is 13.5. The molecule has 0 spiro atoms. The molecule has 2 N–H and O–H groups in total. The van der Waals surface area contributed by atoms with Gasteiger partial charge >= 0.3 is 5.97 Å². The van der Waals surface area contributed by atoms with Crippen LogP contribution in [0, 0.1) is 17.3 Å². The Labute approximate surface area is 108 Å². The largest absolute Gasteiger partial charge is 0.478 e. The van der Waals surface area contributed by atoms with E-state index in [4.69, 9.17) is 5.11 Å². The second-order valence-corrected chi connectivity index (χ2v) is 6.33. The molecule has 2 aliphatic carbocycles. The number of carboxylic acids is 1. The van der Waals surface area contributed by atoms with E-state index in [9.17, 15) is 9.90 Å². The maximum absolute atomic E-state index is 11.1. The summed E-state index contributed by atoms with van der Waals surface area (Å²) >= 11 is 0. The van der Waals surface area contributed by atoms with Crippen LogP contribution in [0.1, 0.15) is 39.5 Å². The van der Waals surface area contributed by atoms with Gasteiger partial charge in [-0.2, -0.15) is 0 Å². The highest BCUT2D eigenvalue weighted by atomic mass is 16.4. The van der Waals surface area contributed by atoms with Crippen molar-refractivity contribution in [3.8, 4) is 0 Å². The molecule has 1 saturated carbocycles. The second kappa shape index (κ2) is 4.54. The van der Waals surface area contributed by atoms with E-state index < -0.39 is 12.1 Å². The highest BCUT2D eigenvalue weighted by Gasteiger charge is 2.51. The van der Waals surface area contributed by atoms with Gasteiger partial charge in [-0.25, -0.2) is 4.79 Å². The molecule has 0 aliphatic heterocycles. The standard InChI is InChI=1S/C15H22O3/c1-9-5-4-6-10(14(17)18)7-12(16)13-11(9)8-15(13,2)3/h6,11-13,16H,1,4-5,7-8H2,2-3H3,(H,17,18)/b10-6-/t11-,12+,13+/m0/s1. The third-order valence-electron chi connectivity index (χ3n) is 4.58. The molecule has 3 nitrogen and oxygen atoms in total. The predicted molar refractivity (Wildman–Crippen MR) is 70.1 cm³/mol. The molecule has 0 saturated heterocycles. The van der Waals surface area contributed by atoms with Crippen LogP contribution in [0.2, 0.25) is 0 Å². The molecule has 1 fully saturated rings. The van der Waals surface area contributed by atoms with Crippen molar-refractivity contribution in [3.05, 3.63) is 23.8 Å². The third kappa shape index (κ3) is 2.24. The number of aliphatic hydroxyl groups excluding tert-OH is 1. The summed E-state index contributed by atoms with van der Waals surface area (Å²) in [7, 11) is 0. The summed E-state index contributed by atoms with van der Waals surface area (Å²) < 4.78 is 0. The summed E-state index contributed by atoms with van der Waals surface area (Å²) in [6.07, 6.45) is 4.03. The van der Waals surface area contributed by atoms with Crippen LogP contribution in [-0.2, 0) is 4.79 Å². The Bertz CT molecular complexity index is 406. The fourth-order valence-corrected chi connectivity index (χ4v) is 3.63. The van der Waals surface area contributed by atoms with Crippen LogP contribution >= 0.6 is 0 Å². The highest BCUT2D eigenvalue weighted by Crippen LogP contribution is 2.56. The lowest BCUT2D eigenvalue weighted by Gasteiger charge is -2.54. The van der Waals surface area contributed by atoms with Gasteiger partial charge in [0.2, 0.25) is 0 Å². The van der Waals surface area contributed by atoms with Crippen molar-refractivity contribution in [1.82, 2.24) is 0 Å². The number of fused-ring (bicyclic) bond motifs is 1. The first kappa shape index (κ1) is 13.3. The average Bonchev–Trinajstić information content (AvgIpc) is 2.27. The number of carboxylic acid groups (broad SMARTS) is 1. The fraction of sp³-hybridized carbons (Fsp3) is 0.667. The highest BCUT2D eigenvalue weighted by molar-refractivity contribution is 5.86. The lowest BCUT2D eigenvalue weighted by Crippen LogP contribution is -2.51. The molecule has 0 aromatic heterocycles. The quantitative estimate of drug-likeness (QED) is 0.703.